The second-order valence-electron chi connectivity index (χ2n) is 5.52. The van der Waals surface area contributed by atoms with E-state index < -0.39 is 0 Å². The van der Waals surface area contributed by atoms with Gasteiger partial charge in [0.2, 0.25) is 0 Å². The van der Waals surface area contributed by atoms with Crippen LogP contribution in [0.2, 0.25) is 0 Å². The number of hydrogen-bond donors (Lipinski definition) is 0. The minimum absolute atomic E-state index is 0.188. The second-order valence-corrected chi connectivity index (χ2v) is 6.38. The summed E-state index contributed by atoms with van der Waals surface area (Å²) in [6.45, 7) is 3.08. The highest BCUT2D eigenvalue weighted by Crippen LogP contribution is 2.22. The fourth-order valence-electron chi connectivity index (χ4n) is 2.32. The minimum Gasteiger partial charge on any atom is -0.355 e. The lowest BCUT2D eigenvalue weighted by atomic mass is 10.1. The van der Waals surface area contributed by atoms with Crippen molar-refractivity contribution in [2.45, 2.75) is 20.0 Å². The molecule has 0 saturated heterocycles. The molecular weight excluding hydrogens is 391 g/mol. The summed E-state index contributed by atoms with van der Waals surface area (Å²) < 4.78 is 20.8. The number of hydrogen-bond acceptors (Lipinski definition) is 4. The predicted molar refractivity (Wildman–Crippen MR) is 93.3 cm³/mol. The quantitative estimate of drug-likeness (QED) is 0.647. The molecule has 0 aliphatic carbocycles. The van der Waals surface area contributed by atoms with Gasteiger partial charge >= 0.3 is 0 Å². The summed E-state index contributed by atoms with van der Waals surface area (Å²) in [6, 6.07) is 7.34. The van der Waals surface area contributed by atoms with Gasteiger partial charge in [-0.1, -0.05) is 5.16 Å². The number of carbonyl (C=O) groups is 1. The van der Waals surface area contributed by atoms with Gasteiger partial charge in [0.05, 0.1) is 16.7 Å². The molecule has 0 unspecified atom stereocenters. The Kier molecular flexibility index (Phi) is 4.98. The van der Waals surface area contributed by atoms with Crippen molar-refractivity contribution in [3.63, 3.8) is 0 Å². The third-order valence-electron chi connectivity index (χ3n) is 3.70. The van der Waals surface area contributed by atoms with Gasteiger partial charge in [0.15, 0.2) is 11.5 Å². The molecule has 0 fully saturated rings. The zero-order chi connectivity index (χ0) is 18.0. The van der Waals surface area contributed by atoms with Crippen molar-refractivity contribution in [1.82, 2.24) is 19.8 Å². The normalized spacial score (nSPS) is 10.9. The molecule has 0 radical (unpaired) electrons. The number of aryl methyl sites for hydroxylation is 1. The molecule has 0 bridgehead atoms. The van der Waals surface area contributed by atoms with Crippen LogP contribution < -0.4 is 0 Å². The Balaban J connectivity index is 1.74. The van der Waals surface area contributed by atoms with Crippen molar-refractivity contribution in [2.24, 2.45) is 0 Å². The standard InChI is InChI=1S/C17H16BrFN4O2/c1-3-23-9-13(18)15(20-23)10-22(2)17(24)14-8-16(25-21-14)11-4-6-12(19)7-5-11/h4-9H,3,10H2,1-2H3. The fraction of sp³-hybridized carbons (Fsp3) is 0.235. The third kappa shape index (κ3) is 3.79. The Labute approximate surface area is 152 Å². The SMILES string of the molecule is CCn1cc(Br)c(CN(C)C(=O)c2cc(-c3ccc(F)cc3)on2)n1. The van der Waals surface area contributed by atoms with Gasteiger partial charge in [0, 0.05) is 31.4 Å². The number of benzene rings is 1. The van der Waals surface area contributed by atoms with Crippen molar-refractivity contribution >= 4 is 21.8 Å². The summed E-state index contributed by atoms with van der Waals surface area (Å²) in [5.74, 6) is -0.209. The van der Waals surface area contributed by atoms with Crippen molar-refractivity contribution in [3.8, 4) is 11.3 Å². The van der Waals surface area contributed by atoms with Gasteiger partial charge in [-0.15, -0.1) is 0 Å². The van der Waals surface area contributed by atoms with Crippen LogP contribution in [0.4, 0.5) is 4.39 Å². The maximum absolute atomic E-state index is 13.0. The molecule has 2 heterocycles. The van der Waals surface area contributed by atoms with Crippen molar-refractivity contribution < 1.29 is 13.7 Å². The number of amides is 1. The molecule has 0 atom stereocenters. The average Bonchev–Trinajstić information content (AvgIpc) is 3.22. The number of halogens is 2. The molecule has 1 amide bonds. The van der Waals surface area contributed by atoms with Crippen molar-refractivity contribution in [1.29, 1.82) is 0 Å². The highest BCUT2D eigenvalue weighted by molar-refractivity contribution is 9.10. The van der Waals surface area contributed by atoms with Gasteiger partial charge in [-0.05, 0) is 47.1 Å². The molecule has 3 aromatic rings. The minimum atomic E-state index is -0.337. The van der Waals surface area contributed by atoms with Gasteiger partial charge in [0.1, 0.15) is 5.82 Å². The van der Waals surface area contributed by atoms with Gasteiger partial charge < -0.3 is 9.42 Å². The molecule has 8 heteroatoms. The summed E-state index contributed by atoms with van der Waals surface area (Å²) in [5.41, 5.74) is 1.60. The van der Waals surface area contributed by atoms with Crippen molar-refractivity contribution in [3.05, 3.63) is 58.2 Å². The molecule has 2 aromatic heterocycles. The molecule has 130 valence electrons. The summed E-state index contributed by atoms with van der Waals surface area (Å²) >= 11 is 3.45. The van der Waals surface area contributed by atoms with Crippen molar-refractivity contribution in [2.75, 3.05) is 7.05 Å². The first kappa shape index (κ1) is 17.3. The van der Waals surface area contributed by atoms with Gasteiger partial charge in [-0.2, -0.15) is 5.10 Å². The smallest absolute Gasteiger partial charge is 0.276 e. The first-order valence-corrected chi connectivity index (χ1v) is 8.47. The molecule has 0 aliphatic heterocycles. The van der Waals surface area contributed by atoms with Crippen LogP contribution in [-0.2, 0) is 13.1 Å². The first-order valence-electron chi connectivity index (χ1n) is 7.68. The number of aromatic nitrogens is 3. The fourth-order valence-corrected chi connectivity index (χ4v) is 2.77. The Morgan fingerprint density at radius 2 is 2.08 bits per heavy atom. The van der Waals surface area contributed by atoms with E-state index in [1.807, 2.05) is 13.1 Å². The lowest BCUT2D eigenvalue weighted by molar-refractivity contribution is 0.0772. The zero-order valence-corrected chi connectivity index (χ0v) is 15.3. The van der Waals surface area contributed by atoms with E-state index in [1.54, 1.807) is 29.9 Å². The largest absolute Gasteiger partial charge is 0.355 e. The van der Waals surface area contributed by atoms with Crippen LogP contribution in [-0.4, -0.2) is 32.8 Å². The van der Waals surface area contributed by atoms with E-state index in [0.717, 1.165) is 16.7 Å². The van der Waals surface area contributed by atoms with E-state index >= 15 is 0 Å². The highest BCUT2D eigenvalue weighted by Gasteiger charge is 2.19. The highest BCUT2D eigenvalue weighted by atomic mass is 79.9. The van der Waals surface area contributed by atoms with Crippen LogP contribution in [0, 0.1) is 5.82 Å². The molecule has 0 spiro atoms. The average molecular weight is 407 g/mol. The molecule has 0 aliphatic rings. The Bertz CT molecular complexity index is 888. The maximum Gasteiger partial charge on any atom is 0.276 e. The molecule has 6 nitrogen and oxygen atoms in total. The molecule has 3 rings (SSSR count). The summed E-state index contributed by atoms with van der Waals surface area (Å²) in [5, 5.41) is 8.23. The molecular formula is C17H16BrFN4O2. The van der Waals surface area contributed by atoms with Crippen LogP contribution in [0.3, 0.4) is 0 Å². The van der Waals surface area contributed by atoms with Gasteiger partial charge in [-0.3, -0.25) is 9.48 Å². The number of carbonyl (C=O) groups excluding carboxylic acids is 1. The lowest BCUT2D eigenvalue weighted by Gasteiger charge is -2.14. The van der Waals surface area contributed by atoms with Gasteiger partial charge in [0.25, 0.3) is 5.91 Å². The monoisotopic (exact) mass is 406 g/mol. The third-order valence-corrected chi connectivity index (χ3v) is 4.37. The Morgan fingerprint density at radius 3 is 2.72 bits per heavy atom. The van der Waals surface area contributed by atoms with Crippen LogP contribution in [0.15, 0.2) is 45.5 Å². The summed E-state index contributed by atoms with van der Waals surface area (Å²) in [4.78, 5) is 14.0. The van der Waals surface area contributed by atoms with Crippen LogP contribution in [0.25, 0.3) is 11.3 Å². The Morgan fingerprint density at radius 1 is 1.36 bits per heavy atom. The molecule has 25 heavy (non-hydrogen) atoms. The molecule has 1 aromatic carbocycles. The first-order chi connectivity index (χ1) is 12.0. The second kappa shape index (κ2) is 7.18. The van der Waals surface area contributed by atoms with E-state index in [4.69, 9.17) is 4.52 Å². The van der Waals surface area contributed by atoms with E-state index in [0.29, 0.717) is 17.9 Å². The van der Waals surface area contributed by atoms with Gasteiger partial charge in [-0.25, -0.2) is 4.39 Å². The molecule has 0 saturated carbocycles. The van der Waals surface area contributed by atoms with E-state index in [9.17, 15) is 9.18 Å². The number of nitrogens with zero attached hydrogens (tertiary/aromatic N) is 4. The van der Waals surface area contributed by atoms with E-state index in [-0.39, 0.29) is 17.4 Å². The van der Waals surface area contributed by atoms with E-state index in [2.05, 4.69) is 26.2 Å². The predicted octanol–water partition coefficient (Wildman–Crippen LogP) is 3.73. The molecule has 0 N–H and O–H groups in total. The zero-order valence-electron chi connectivity index (χ0n) is 13.7. The van der Waals surface area contributed by atoms with Crippen LogP contribution in [0.5, 0.6) is 0 Å². The Hall–Kier alpha value is -2.48. The summed E-state index contributed by atoms with van der Waals surface area (Å²) in [6.07, 6.45) is 1.87. The van der Waals surface area contributed by atoms with E-state index in [1.165, 1.54) is 17.0 Å². The maximum atomic E-state index is 13.0. The lowest BCUT2D eigenvalue weighted by Crippen LogP contribution is -2.26. The van der Waals surface area contributed by atoms with Crippen LogP contribution >= 0.6 is 15.9 Å². The number of rotatable bonds is 5. The van der Waals surface area contributed by atoms with Crippen LogP contribution in [0.1, 0.15) is 23.1 Å². The topological polar surface area (TPSA) is 64.2 Å². The summed E-state index contributed by atoms with van der Waals surface area (Å²) in [7, 11) is 1.67.